The number of sulfone groups is 1. The summed E-state index contributed by atoms with van der Waals surface area (Å²) in [6, 6.07) is 0. The Morgan fingerprint density at radius 2 is 0.865 bits per heavy atom. The molecule has 0 atom stereocenters. The molecule has 0 unspecified atom stereocenters. The Bertz CT molecular complexity index is 410. The summed E-state index contributed by atoms with van der Waals surface area (Å²) in [5.74, 6) is 3.68. The summed E-state index contributed by atoms with van der Waals surface area (Å²) in [5, 5.41) is 6.44. The van der Waals surface area contributed by atoms with Gasteiger partial charge in [0.25, 0.3) is 0 Å². The average molecular weight is 569 g/mol. The van der Waals surface area contributed by atoms with Crippen LogP contribution in [0.25, 0.3) is 0 Å². The van der Waals surface area contributed by atoms with E-state index in [1.165, 1.54) is 82.4 Å². The standard InChI is InChI=1S/C5H11N.C5H10O.C5H10S.C4H9NO.C4H8O2S.C4H8O2/c3*1-2-4-6-5-3-1;1-3-6-4-2-5-1;5-7(6)3-1-2-4-7;1-2-6-4-3-5-1/h6H,1-5H2;2*1-5H2;5H,1-4H2;1-4H2;1-4H2. The molecule has 0 amide bonds. The summed E-state index contributed by atoms with van der Waals surface area (Å²) in [4.78, 5) is 0. The van der Waals surface area contributed by atoms with E-state index in [1.807, 2.05) is 0 Å². The third kappa shape index (κ3) is 27.4. The number of hydrogen-bond donors (Lipinski definition) is 2. The van der Waals surface area contributed by atoms with E-state index in [0.717, 1.165) is 78.8 Å². The van der Waals surface area contributed by atoms with Gasteiger partial charge in [-0.15, -0.1) is 0 Å². The quantitative estimate of drug-likeness (QED) is 0.454. The van der Waals surface area contributed by atoms with Gasteiger partial charge >= 0.3 is 0 Å². The van der Waals surface area contributed by atoms with Crippen LogP contribution in [-0.4, -0.2) is 110 Å². The molecular formula is C27H56N2O6S2. The number of ether oxygens (including phenoxy) is 4. The molecule has 0 aromatic carbocycles. The third-order valence-electron chi connectivity index (χ3n) is 6.11. The molecule has 10 heteroatoms. The van der Waals surface area contributed by atoms with Crippen molar-refractivity contribution >= 4 is 21.6 Å². The van der Waals surface area contributed by atoms with Crippen LogP contribution in [0.2, 0.25) is 0 Å². The number of rotatable bonds is 0. The number of piperidine rings is 1. The SMILES string of the molecule is C1CCNCC1.C1CCOCC1.C1CCSCC1.C1COCCN1.C1COCCO1.O=S1(=O)CCCC1. The summed E-state index contributed by atoms with van der Waals surface area (Å²) in [5.41, 5.74) is 0. The van der Waals surface area contributed by atoms with Crippen molar-refractivity contribution in [3.05, 3.63) is 0 Å². The van der Waals surface area contributed by atoms with Crippen LogP contribution in [0.5, 0.6) is 0 Å². The molecule has 6 rings (SSSR count). The Morgan fingerprint density at radius 1 is 0.432 bits per heavy atom. The predicted octanol–water partition coefficient (Wildman–Crippen LogP) is 3.68. The molecule has 6 heterocycles. The Morgan fingerprint density at radius 3 is 1.03 bits per heavy atom. The Kier molecular flexibility index (Phi) is 26.2. The predicted molar refractivity (Wildman–Crippen MR) is 156 cm³/mol. The Hall–Kier alpha value is 0.0600. The summed E-state index contributed by atoms with van der Waals surface area (Å²) >= 11 is 2.09. The van der Waals surface area contributed by atoms with E-state index in [9.17, 15) is 8.42 Å². The molecule has 0 saturated carbocycles. The third-order valence-corrected chi connectivity index (χ3v) is 9.09. The van der Waals surface area contributed by atoms with E-state index >= 15 is 0 Å². The van der Waals surface area contributed by atoms with Gasteiger partial charge < -0.3 is 29.6 Å². The first-order valence-corrected chi connectivity index (χ1v) is 17.7. The van der Waals surface area contributed by atoms with Crippen molar-refractivity contribution in [2.45, 2.75) is 70.6 Å². The van der Waals surface area contributed by atoms with Crippen LogP contribution >= 0.6 is 11.8 Å². The Balaban J connectivity index is 0.000000222. The van der Waals surface area contributed by atoms with E-state index in [0.29, 0.717) is 11.5 Å². The molecule has 0 bridgehead atoms. The first kappa shape index (κ1) is 35.1. The van der Waals surface area contributed by atoms with Gasteiger partial charge in [0.2, 0.25) is 0 Å². The van der Waals surface area contributed by atoms with Crippen molar-refractivity contribution in [3.8, 4) is 0 Å². The second kappa shape index (κ2) is 27.6. The molecule has 222 valence electrons. The lowest BCUT2D eigenvalue weighted by Crippen LogP contribution is -2.30. The molecule has 0 radical (unpaired) electrons. The summed E-state index contributed by atoms with van der Waals surface area (Å²) < 4.78 is 40.8. The lowest BCUT2D eigenvalue weighted by Gasteiger charge is -2.10. The van der Waals surface area contributed by atoms with Crippen molar-refractivity contribution in [2.24, 2.45) is 0 Å². The zero-order valence-electron chi connectivity index (χ0n) is 23.4. The van der Waals surface area contributed by atoms with Crippen molar-refractivity contribution < 1.29 is 27.4 Å². The molecule has 0 aromatic rings. The highest BCUT2D eigenvalue weighted by Gasteiger charge is 2.16. The first-order valence-electron chi connectivity index (χ1n) is 14.7. The molecular weight excluding hydrogens is 512 g/mol. The van der Waals surface area contributed by atoms with Gasteiger partial charge in [0.1, 0.15) is 9.84 Å². The van der Waals surface area contributed by atoms with Gasteiger partial charge in [0.15, 0.2) is 0 Å². The number of hydrogen-bond acceptors (Lipinski definition) is 9. The summed E-state index contributed by atoms with van der Waals surface area (Å²) in [6.07, 6.45) is 14.3. The fourth-order valence-electron chi connectivity index (χ4n) is 3.88. The Labute approximate surface area is 232 Å². The second-order valence-corrected chi connectivity index (χ2v) is 13.1. The fourth-order valence-corrected chi connectivity index (χ4v) is 6.39. The van der Waals surface area contributed by atoms with Crippen molar-refractivity contribution in [2.75, 3.05) is 102 Å². The van der Waals surface area contributed by atoms with Gasteiger partial charge in [-0.3, -0.25) is 0 Å². The zero-order chi connectivity index (χ0) is 26.5. The molecule has 6 aliphatic heterocycles. The molecule has 0 aromatic heterocycles. The van der Waals surface area contributed by atoms with Crippen LogP contribution in [0.1, 0.15) is 70.6 Å². The lowest BCUT2D eigenvalue weighted by molar-refractivity contribution is -0.0334. The molecule has 6 fully saturated rings. The van der Waals surface area contributed by atoms with Crippen LogP contribution in [0.3, 0.4) is 0 Å². The number of nitrogens with one attached hydrogen (secondary N) is 2. The van der Waals surface area contributed by atoms with Gasteiger partial charge in [-0.2, -0.15) is 11.8 Å². The molecule has 0 aliphatic carbocycles. The van der Waals surface area contributed by atoms with E-state index in [1.54, 1.807) is 0 Å². The van der Waals surface area contributed by atoms with Crippen molar-refractivity contribution in [1.82, 2.24) is 10.6 Å². The second-order valence-electron chi connectivity index (χ2n) is 9.60. The highest BCUT2D eigenvalue weighted by Crippen LogP contribution is 2.15. The smallest absolute Gasteiger partial charge is 0.150 e. The number of thioether (sulfide) groups is 1. The fraction of sp³-hybridized carbons (Fsp3) is 1.00. The molecule has 6 aliphatic rings. The van der Waals surface area contributed by atoms with Crippen LogP contribution in [0.4, 0.5) is 0 Å². The van der Waals surface area contributed by atoms with Crippen LogP contribution in [0.15, 0.2) is 0 Å². The molecule has 8 nitrogen and oxygen atoms in total. The maximum Gasteiger partial charge on any atom is 0.150 e. The van der Waals surface area contributed by atoms with Crippen LogP contribution < -0.4 is 10.6 Å². The minimum absolute atomic E-state index is 0.424. The first-order chi connectivity index (χ1) is 18.2. The molecule has 0 spiro atoms. The highest BCUT2D eigenvalue weighted by atomic mass is 32.2. The largest absolute Gasteiger partial charge is 0.381 e. The van der Waals surface area contributed by atoms with Gasteiger partial charge in [-0.1, -0.05) is 12.8 Å². The van der Waals surface area contributed by atoms with Gasteiger partial charge in [-0.25, -0.2) is 8.42 Å². The normalized spacial score (nSPS) is 24.8. The monoisotopic (exact) mass is 568 g/mol. The van der Waals surface area contributed by atoms with E-state index in [-0.39, 0.29) is 0 Å². The van der Waals surface area contributed by atoms with Crippen molar-refractivity contribution in [3.63, 3.8) is 0 Å². The minimum Gasteiger partial charge on any atom is -0.381 e. The maximum atomic E-state index is 10.4. The molecule has 37 heavy (non-hydrogen) atoms. The van der Waals surface area contributed by atoms with Gasteiger partial charge in [-0.05, 0) is 82.4 Å². The zero-order valence-corrected chi connectivity index (χ0v) is 25.0. The highest BCUT2D eigenvalue weighted by molar-refractivity contribution is 7.99. The summed E-state index contributed by atoms with van der Waals surface area (Å²) in [7, 11) is -2.55. The number of morpholine rings is 1. The average Bonchev–Trinajstić information content (AvgIpc) is 3.43. The maximum absolute atomic E-state index is 10.4. The topological polar surface area (TPSA) is 95.1 Å². The summed E-state index contributed by atoms with van der Waals surface area (Å²) in [6.45, 7) is 11.4. The van der Waals surface area contributed by atoms with Crippen LogP contribution in [-0.2, 0) is 28.8 Å². The molecule has 6 saturated heterocycles. The van der Waals surface area contributed by atoms with Crippen molar-refractivity contribution in [1.29, 1.82) is 0 Å². The molecule has 2 N–H and O–H groups in total. The van der Waals surface area contributed by atoms with Gasteiger partial charge in [0, 0.05) is 26.3 Å². The van der Waals surface area contributed by atoms with E-state index in [4.69, 9.17) is 18.9 Å². The minimum atomic E-state index is -2.55. The van der Waals surface area contributed by atoms with E-state index in [2.05, 4.69) is 22.4 Å². The van der Waals surface area contributed by atoms with Gasteiger partial charge in [0.05, 0.1) is 51.1 Å². The van der Waals surface area contributed by atoms with Crippen LogP contribution in [0, 0.1) is 0 Å². The lowest BCUT2D eigenvalue weighted by atomic mass is 10.2. The van der Waals surface area contributed by atoms with E-state index < -0.39 is 9.84 Å².